The summed E-state index contributed by atoms with van der Waals surface area (Å²) < 4.78 is 18.5. The molecule has 1 aromatic rings. The fraction of sp³-hybridized carbons (Fsp3) is 0.455. The van der Waals surface area contributed by atoms with Crippen molar-refractivity contribution in [3.8, 4) is 0 Å². The Morgan fingerprint density at radius 2 is 2.13 bits per heavy atom. The van der Waals surface area contributed by atoms with Crippen molar-refractivity contribution in [2.24, 2.45) is 5.73 Å². The first-order chi connectivity index (χ1) is 7.19. The van der Waals surface area contributed by atoms with Crippen LogP contribution in [0.15, 0.2) is 24.3 Å². The van der Waals surface area contributed by atoms with E-state index in [2.05, 4.69) is 0 Å². The Bertz CT molecular complexity index is 302. The molecule has 0 aliphatic rings. The quantitative estimate of drug-likeness (QED) is 0.798. The highest BCUT2D eigenvalue weighted by atomic mass is 19.1. The highest BCUT2D eigenvalue weighted by molar-refractivity contribution is 5.46. The highest BCUT2D eigenvalue weighted by Gasteiger charge is 2.11. The summed E-state index contributed by atoms with van der Waals surface area (Å²) in [5, 5.41) is 0. The third kappa shape index (κ3) is 3.18. The Balaban J connectivity index is 2.68. The lowest BCUT2D eigenvalue weighted by molar-refractivity contribution is 0.115. The van der Waals surface area contributed by atoms with Crippen molar-refractivity contribution >= 4 is 5.69 Å². The van der Waals surface area contributed by atoms with E-state index in [4.69, 9.17) is 10.5 Å². The zero-order chi connectivity index (χ0) is 11.3. The molecular formula is C11H17FN2O. The van der Waals surface area contributed by atoms with Crippen molar-refractivity contribution in [2.75, 3.05) is 32.1 Å². The Morgan fingerprint density at radius 1 is 1.47 bits per heavy atom. The SMILES string of the molecule is COC(CN)CN(C)c1ccccc1F. The number of benzene rings is 1. The topological polar surface area (TPSA) is 38.5 Å². The van der Waals surface area contributed by atoms with Gasteiger partial charge in [-0.05, 0) is 12.1 Å². The average Bonchev–Trinajstić information content (AvgIpc) is 2.26. The molecule has 0 amide bonds. The molecule has 1 atom stereocenters. The zero-order valence-corrected chi connectivity index (χ0v) is 9.11. The maximum atomic E-state index is 13.4. The molecule has 3 nitrogen and oxygen atoms in total. The van der Waals surface area contributed by atoms with Gasteiger partial charge in [-0.2, -0.15) is 0 Å². The number of nitrogens with zero attached hydrogens (tertiary/aromatic N) is 1. The molecule has 0 fully saturated rings. The van der Waals surface area contributed by atoms with Crippen LogP contribution in [0, 0.1) is 5.82 Å². The van der Waals surface area contributed by atoms with E-state index in [1.165, 1.54) is 6.07 Å². The number of likely N-dealkylation sites (N-methyl/N-ethyl adjacent to an activating group) is 1. The first-order valence-electron chi connectivity index (χ1n) is 4.87. The Hall–Kier alpha value is -1.13. The van der Waals surface area contributed by atoms with E-state index in [-0.39, 0.29) is 11.9 Å². The number of rotatable bonds is 5. The molecule has 0 heterocycles. The molecule has 1 unspecified atom stereocenters. The van der Waals surface area contributed by atoms with Crippen molar-refractivity contribution in [3.05, 3.63) is 30.1 Å². The normalized spacial score (nSPS) is 12.5. The van der Waals surface area contributed by atoms with Gasteiger partial charge in [-0.3, -0.25) is 0 Å². The average molecular weight is 212 g/mol. The summed E-state index contributed by atoms with van der Waals surface area (Å²) in [5.41, 5.74) is 6.07. The second-order valence-corrected chi connectivity index (χ2v) is 3.43. The lowest BCUT2D eigenvalue weighted by atomic mass is 10.2. The smallest absolute Gasteiger partial charge is 0.146 e. The van der Waals surface area contributed by atoms with Crippen LogP contribution >= 0.6 is 0 Å². The molecule has 0 aliphatic heterocycles. The third-order valence-corrected chi connectivity index (χ3v) is 2.34. The zero-order valence-electron chi connectivity index (χ0n) is 9.11. The lowest BCUT2D eigenvalue weighted by Gasteiger charge is -2.24. The fourth-order valence-electron chi connectivity index (χ4n) is 1.41. The molecule has 2 N–H and O–H groups in total. The van der Waals surface area contributed by atoms with Crippen molar-refractivity contribution in [3.63, 3.8) is 0 Å². The molecule has 4 heteroatoms. The second kappa shape index (κ2) is 5.68. The van der Waals surface area contributed by atoms with Crippen LogP contribution in [0.25, 0.3) is 0 Å². The molecule has 84 valence electrons. The van der Waals surface area contributed by atoms with Gasteiger partial charge in [0.15, 0.2) is 0 Å². The number of methoxy groups -OCH3 is 1. The summed E-state index contributed by atoms with van der Waals surface area (Å²) in [5.74, 6) is -0.230. The number of nitrogens with two attached hydrogens (primary N) is 1. The monoisotopic (exact) mass is 212 g/mol. The summed E-state index contributed by atoms with van der Waals surface area (Å²) in [6.45, 7) is 1.00. The van der Waals surface area contributed by atoms with E-state index >= 15 is 0 Å². The van der Waals surface area contributed by atoms with E-state index in [9.17, 15) is 4.39 Å². The van der Waals surface area contributed by atoms with Gasteiger partial charge in [0, 0.05) is 27.2 Å². The number of hydrogen-bond acceptors (Lipinski definition) is 3. The van der Waals surface area contributed by atoms with Gasteiger partial charge < -0.3 is 15.4 Å². The Labute approximate surface area is 89.6 Å². The Morgan fingerprint density at radius 3 is 2.67 bits per heavy atom. The van der Waals surface area contributed by atoms with Gasteiger partial charge in [0.2, 0.25) is 0 Å². The van der Waals surface area contributed by atoms with E-state index < -0.39 is 0 Å². The summed E-state index contributed by atoms with van der Waals surface area (Å²) in [6, 6.07) is 6.65. The molecule has 1 rings (SSSR count). The highest BCUT2D eigenvalue weighted by Crippen LogP contribution is 2.17. The van der Waals surface area contributed by atoms with Crippen LogP contribution in [-0.2, 0) is 4.74 Å². The molecule has 0 aliphatic carbocycles. The minimum Gasteiger partial charge on any atom is -0.378 e. The largest absolute Gasteiger partial charge is 0.378 e. The van der Waals surface area contributed by atoms with Crippen LogP contribution in [0.1, 0.15) is 0 Å². The number of halogens is 1. The van der Waals surface area contributed by atoms with Crippen LogP contribution in [0.3, 0.4) is 0 Å². The molecule has 0 saturated carbocycles. The minimum absolute atomic E-state index is 0.0744. The fourth-order valence-corrected chi connectivity index (χ4v) is 1.41. The van der Waals surface area contributed by atoms with E-state index in [1.807, 2.05) is 7.05 Å². The number of para-hydroxylation sites is 1. The summed E-state index contributed by atoms with van der Waals surface area (Å²) in [4.78, 5) is 1.80. The predicted molar refractivity (Wildman–Crippen MR) is 59.5 cm³/mol. The Kier molecular flexibility index (Phi) is 4.52. The molecule has 0 saturated heterocycles. The van der Waals surface area contributed by atoms with Gasteiger partial charge in [0.25, 0.3) is 0 Å². The van der Waals surface area contributed by atoms with E-state index in [0.717, 1.165) is 0 Å². The second-order valence-electron chi connectivity index (χ2n) is 3.43. The maximum absolute atomic E-state index is 13.4. The van der Waals surface area contributed by atoms with Gasteiger partial charge in [0.05, 0.1) is 11.8 Å². The lowest BCUT2D eigenvalue weighted by Crippen LogP contribution is -2.35. The van der Waals surface area contributed by atoms with Gasteiger partial charge in [-0.1, -0.05) is 12.1 Å². The van der Waals surface area contributed by atoms with Gasteiger partial charge in [-0.25, -0.2) is 4.39 Å². The number of hydrogen-bond donors (Lipinski definition) is 1. The van der Waals surface area contributed by atoms with Gasteiger partial charge in [-0.15, -0.1) is 0 Å². The van der Waals surface area contributed by atoms with E-state index in [1.54, 1.807) is 30.2 Å². The van der Waals surface area contributed by atoms with Crippen LogP contribution < -0.4 is 10.6 Å². The van der Waals surface area contributed by atoms with Crippen molar-refractivity contribution < 1.29 is 9.13 Å². The number of ether oxygens (including phenoxy) is 1. The van der Waals surface area contributed by atoms with Crippen molar-refractivity contribution in [1.82, 2.24) is 0 Å². The van der Waals surface area contributed by atoms with Gasteiger partial charge in [0.1, 0.15) is 5.82 Å². The van der Waals surface area contributed by atoms with Gasteiger partial charge >= 0.3 is 0 Å². The standard InChI is InChI=1S/C11H17FN2O/c1-14(8-9(7-13)15-2)11-6-4-3-5-10(11)12/h3-6,9H,7-8,13H2,1-2H3. The van der Waals surface area contributed by atoms with Crippen LogP contribution in [0.5, 0.6) is 0 Å². The molecule has 15 heavy (non-hydrogen) atoms. The van der Waals surface area contributed by atoms with Crippen LogP contribution in [-0.4, -0.2) is 33.4 Å². The first-order valence-corrected chi connectivity index (χ1v) is 4.87. The molecule has 1 aromatic carbocycles. The third-order valence-electron chi connectivity index (χ3n) is 2.34. The molecule has 0 bridgehead atoms. The molecule has 0 radical (unpaired) electrons. The van der Waals surface area contributed by atoms with Crippen LogP contribution in [0.2, 0.25) is 0 Å². The molecular weight excluding hydrogens is 195 g/mol. The summed E-state index contributed by atoms with van der Waals surface area (Å²) in [6.07, 6.45) is -0.0744. The summed E-state index contributed by atoms with van der Waals surface area (Å²) in [7, 11) is 3.42. The van der Waals surface area contributed by atoms with E-state index in [0.29, 0.717) is 18.8 Å². The predicted octanol–water partition coefficient (Wildman–Crippen LogP) is 1.24. The first kappa shape index (κ1) is 11.9. The minimum atomic E-state index is -0.230. The maximum Gasteiger partial charge on any atom is 0.146 e. The number of anilines is 1. The summed E-state index contributed by atoms with van der Waals surface area (Å²) >= 11 is 0. The molecule has 0 aromatic heterocycles. The molecule has 0 spiro atoms. The van der Waals surface area contributed by atoms with Crippen LogP contribution in [0.4, 0.5) is 10.1 Å². The van der Waals surface area contributed by atoms with Crippen molar-refractivity contribution in [1.29, 1.82) is 0 Å². The van der Waals surface area contributed by atoms with Crippen molar-refractivity contribution in [2.45, 2.75) is 6.10 Å².